The second kappa shape index (κ2) is 7.82. The van der Waals surface area contributed by atoms with Gasteiger partial charge in [-0.3, -0.25) is 9.48 Å². The number of carbonyl (C=O) groups excluding carboxylic acids is 2. The number of ether oxygens (including phenoxy) is 2. The van der Waals surface area contributed by atoms with E-state index in [1.807, 2.05) is 32.0 Å². The number of amides is 1. The Balaban J connectivity index is 1.68. The van der Waals surface area contributed by atoms with Crippen LogP contribution in [-0.4, -0.2) is 46.3 Å². The summed E-state index contributed by atoms with van der Waals surface area (Å²) < 4.78 is 12.3. The third-order valence-electron chi connectivity index (χ3n) is 4.86. The molecule has 1 aliphatic heterocycles. The van der Waals surface area contributed by atoms with Crippen molar-refractivity contribution in [1.82, 2.24) is 14.7 Å². The molecule has 27 heavy (non-hydrogen) atoms. The fourth-order valence-corrected chi connectivity index (χ4v) is 3.21. The third kappa shape index (κ3) is 3.97. The largest absolute Gasteiger partial charge is 0.484 e. The van der Waals surface area contributed by atoms with Crippen molar-refractivity contribution < 1.29 is 19.1 Å². The smallest absolute Gasteiger partial charge is 0.356 e. The van der Waals surface area contributed by atoms with Crippen LogP contribution in [0.4, 0.5) is 0 Å². The Kier molecular flexibility index (Phi) is 5.48. The van der Waals surface area contributed by atoms with Crippen molar-refractivity contribution in [3.05, 3.63) is 46.3 Å². The minimum atomic E-state index is -0.408. The highest BCUT2D eigenvalue weighted by molar-refractivity contribution is 5.90. The predicted octanol–water partition coefficient (Wildman–Crippen LogP) is 2.18. The average molecular weight is 371 g/mol. The number of nitrogens with zero attached hydrogens (tertiary/aromatic N) is 3. The Bertz CT molecular complexity index is 872. The van der Waals surface area contributed by atoms with Gasteiger partial charge in [0.1, 0.15) is 5.75 Å². The van der Waals surface area contributed by atoms with Crippen LogP contribution in [0.15, 0.2) is 18.2 Å². The molecule has 0 spiro atoms. The standard InChI is InChI=1S/C20H25N3O4/c1-5-26-20(25)19-16-11-23(9-8-17(16)21-22(19)4)18(24)12-27-15-7-6-13(2)14(3)10-15/h6-7,10H,5,8-9,11-12H2,1-4H3. The van der Waals surface area contributed by atoms with E-state index in [0.29, 0.717) is 37.6 Å². The minimum absolute atomic E-state index is 0.0349. The molecule has 1 aliphatic rings. The molecule has 1 amide bonds. The van der Waals surface area contributed by atoms with Crippen LogP contribution >= 0.6 is 0 Å². The van der Waals surface area contributed by atoms with Crippen molar-refractivity contribution in [3.63, 3.8) is 0 Å². The zero-order valence-corrected chi connectivity index (χ0v) is 16.2. The number of aromatic nitrogens is 2. The molecule has 0 aliphatic carbocycles. The molecule has 0 bridgehead atoms. The Morgan fingerprint density at radius 2 is 2.00 bits per heavy atom. The molecular formula is C20H25N3O4. The van der Waals surface area contributed by atoms with Gasteiger partial charge in [-0.1, -0.05) is 6.07 Å². The molecule has 0 N–H and O–H groups in total. The molecule has 144 valence electrons. The average Bonchev–Trinajstić information content (AvgIpc) is 2.97. The van der Waals surface area contributed by atoms with E-state index in [1.165, 1.54) is 5.56 Å². The van der Waals surface area contributed by atoms with E-state index < -0.39 is 5.97 Å². The summed E-state index contributed by atoms with van der Waals surface area (Å²) in [5.41, 5.74) is 4.33. The molecule has 7 heteroatoms. The molecule has 0 saturated heterocycles. The number of benzene rings is 1. The minimum Gasteiger partial charge on any atom is -0.484 e. The van der Waals surface area contributed by atoms with Gasteiger partial charge in [0.2, 0.25) is 0 Å². The van der Waals surface area contributed by atoms with Crippen molar-refractivity contribution in [1.29, 1.82) is 0 Å². The Labute approximate surface area is 158 Å². The monoisotopic (exact) mass is 371 g/mol. The first-order valence-corrected chi connectivity index (χ1v) is 9.10. The number of hydrogen-bond acceptors (Lipinski definition) is 5. The molecule has 2 heterocycles. The molecule has 3 rings (SSSR count). The van der Waals surface area contributed by atoms with Crippen molar-refractivity contribution in [2.24, 2.45) is 7.05 Å². The molecule has 1 aromatic carbocycles. The van der Waals surface area contributed by atoms with Crippen LogP contribution in [0.5, 0.6) is 5.75 Å². The number of carbonyl (C=O) groups is 2. The summed E-state index contributed by atoms with van der Waals surface area (Å²) in [6.45, 7) is 6.96. The first kappa shape index (κ1) is 18.9. The highest BCUT2D eigenvalue weighted by Gasteiger charge is 2.30. The molecular weight excluding hydrogens is 346 g/mol. The molecule has 0 radical (unpaired) electrons. The highest BCUT2D eigenvalue weighted by Crippen LogP contribution is 2.23. The van der Waals surface area contributed by atoms with Gasteiger partial charge in [-0.2, -0.15) is 5.10 Å². The number of aryl methyl sites for hydroxylation is 3. The fraction of sp³-hybridized carbons (Fsp3) is 0.450. The summed E-state index contributed by atoms with van der Waals surface area (Å²) in [6, 6.07) is 5.77. The summed E-state index contributed by atoms with van der Waals surface area (Å²) >= 11 is 0. The quantitative estimate of drug-likeness (QED) is 0.753. The number of rotatable bonds is 5. The third-order valence-corrected chi connectivity index (χ3v) is 4.86. The van der Waals surface area contributed by atoms with Gasteiger partial charge in [-0.15, -0.1) is 0 Å². The Morgan fingerprint density at radius 3 is 2.70 bits per heavy atom. The van der Waals surface area contributed by atoms with Gasteiger partial charge in [0.25, 0.3) is 5.91 Å². The first-order valence-electron chi connectivity index (χ1n) is 9.10. The summed E-state index contributed by atoms with van der Waals surface area (Å²) in [6.07, 6.45) is 0.609. The van der Waals surface area contributed by atoms with E-state index in [1.54, 1.807) is 23.6 Å². The van der Waals surface area contributed by atoms with Crippen LogP contribution in [0.25, 0.3) is 0 Å². The van der Waals surface area contributed by atoms with E-state index in [-0.39, 0.29) is 12.5 Å². The van der Waals surface area contributed by atoms with Gasteiger partial charge in [0.15, 0.2) is 12.3 Å². The SMILES string of the molecule is CCOC(=O)c1c2c(nn1C)CCN(C(=O)COc1ccc(C)c(C)c1)C2. The second-order valence-electron chi connectivity index (χ2n) is 6.72. The number of esters is 1. The van der Waals surface area contributed by atoms with E-state index >= 15 is 0 Å². The van der Waals surface area contributed by atoms with Crippen molar-refractivity contribution >= 4 is 11.9 Å². The van der Waals surface area contributed by atoms with Gasteiger partial charge >= 0.3 is 5.97 Å². The highest BCUT2D eigenvalue weighted by atomic mass is 16.5. The van der Waals surface area contributed by atoms with Gasteiger partial charge < -0.3 is 14.4 Å². The van der Waals surface area contributed by atoms with E-state index in [9.17, 15) is 9.59 Å². The summed E-state index contributed by atoms with van der Waals surface area (Å²) in [5.74, 6) is 0.157. The molecule has 7 nitrogen and oxygen atoms in total. The number of fused-ring (bicyclic) bond motifs is 1. The zero-order valence-electron chi connectivity index (χ0n) is 16.2. The lowest BCUT2D eigenvalue weighted by molar-refractivity contribution is -0.134. The Morgan fingerprint density at radius 1 is 1.22 bits per heavy atom. The van der Waals surface area contributed by atoms with Crippen molar-refractivity contribution in [2.75, 3.05) is 19.8 Å². The molecule has 2 aromatic rings. The van der Waals surface area contributed by atoms with Crippen LogP contribution in [0, 0.1) is 13.8 Å². The summed E-state index contributed by atoms with van der Waals surface area (Å²) in [7, 11) is 1.72. The van der Waals surface area contributed by atoms with Gasteiger partial charge in [0, 0.05) is 25.6 Å². The van der Waals surface area contributed by atoms with Crippen LogP contribution < -0.4 is 4.74 Å². The topological polar surface area (TPSA) is 73.7 Å². The predicted molar refractivity (Wildman–Crippen MR) is 99.7 cm³/mol. The molecule has 0 unspecified atom stereocenters. The number of hydrogen-bond donors (Lipinski definition) is 0. The van der Waals surface area contributed by atoms with Crippen LogP contribution in [-0.2, 0) is 29.5 Å². The van der Waals surface area contributed by atoms with Gasteiger partial charge in [-0.05, 0) is 44.0 Å². The van der Waals surface area contributed by atoms with Gasteiger partial charge in [-0.25, -0.2) is 4.79 Å². The lowest BCUT2D eigenvalue weighted by Crippen LogP contribution is -2.39. The molecule has 1 aromatic heterocycles. The normalized spacial score (nSPS) is 13.3. The second-order valence-corrected chi connectivity index (χ2v) is 6.72. The van der Waals surface area contributed by atoms with Crippen molar-refractivity contribution in [2.45, 2.75) is 33.7 Å². The zero-order chi connectivity index (χ0) is 19.6. The van der Waals surface area contributed by atoms with E-state index in [4.69, 9.17) is 9.47 Å². The molecule has 0 atom stereocenters. The lowest BCUT2D eigenvalue weighted by Gasteiger charge is -2.26. The lowest BCUT2D eigenvalue weighted by atomic mass is 10.1. The summed E-state index contributed by atoms with van der Waals surface area (Å²) in [4.78, 5) is 26.5. The Hall–Kier alpha value is -2.83. The summed E-state index contributed by atoms with van der Waals surface area (Å²) in [5, 5.41) is 4.41. The van der Waals surface area contributed by atoms with Crippen LogP contribution in [0.1, 0.15) is 39.8 Å². The molecule has 0 saturated carbocycles. The van der Waals surface area contributed by atoms with Gasteiger partial charge in [0.05, 0.1) is 18.8 Å². The van der Waals surface area contributed by atoms with Crippen LogP contribution in [0.2, 0.25) is 0 Å². The van der Waals surface area contributed by atoms with E-state index in [0.717, 1.165) is 16.8 Å². The van der Waals surface area contributed by atoms with Crippen molar-refractivity contribution in [3.8, 4) is 5.75 Å². The van der Waals surface area contributed by atoms with E-state index in [2.05, 4.69) is 5.10 Å². The fourth-order valence-electron chi connectivity index (χ4n) is 3.21. The maximum Gasteiger partial charge on any atom is 0.356 e. The molecule has 0 fully saturated rings. The maximum absolute atomic E-state index is 12.6. The maximum atomic E-state index is 12.6. The first-order chi connectivity index (χ1) is 12.9. The van der Waals surface area contributed by atoms with Crippen LogP contribution in [0.3, 0.4) is 0 Å².